The van der Waals surface area contributed by atoms with Gasteiger partial charge >= 0.3 is 5.97 Å². The molecule has 120 valence electrons. The molecule has 1 atom stereocenters. The number of carboxylic acids is 1. The second kappa shape index (κ2) is 7.58. The zero-order valence-electron chi connectivity index (χ0n) is 13.3. The summed E-state index contributed by atoms with van der Waals surface area (Å²) < 4.78 is 5.50. The fourth-order valence-electron chi connectivity index (χ4n) is 2.18. The Labute approximate surface area is 135 Å². The average molecular weight is 312 g/mol. The number of ketones is 1. The van der Waals surface area contributed by atoms with Crippen molar-refractivity contribution in [3.05, 3.63) is 65.2 Å². The second-order valence-electron chi connectivity index (χ2n) is 5.39. The number of rotatable bonds is 7. The summed E-state index contributed by atoms with van der Waals surface area (Å²) in [6.45, 7) is 4.28. The van der Waals surface area contributed by atoms with Crippen molar-refractivity contribution in [1.29, 1.82) is 0 Å². The third-order valence-electron chi connectivity index (χ3n) is 3.61. The van der Waals surface area contributed by atoms with Gasteiger partial charge in [0.2, 0.25) is 0 Å². The van der Waals surface area contributed by atoms with Gasteiger partial charge in [0.05, 0.1) is 12.5 Å². The molecule has 1 N–H and O–H groups in total. The molecule has 0 saturated carbocycles. The zero-order valence-corrected chi connectivity index (χ0v) is 13.3. The molecular weight excluding hydrogens is 292 g/mol. The average Bonchev–Trinajstić information content (AvgIpc) is 2.59. The molecule has 23 heavy (non-hydrogen) atoms. The van der Waals surface area contributed by atoms with Crippen molar-refractivity contribution in [3.8, 4) is 5.75 Å². The number of carbonyl (C=O) groups is 2. The number of hydrogen-bond donors (Lipinski definition) is 1. The molecule has 0 aromatic heterocycles. The van der Waals surface area contributed by atoms with Crippen LogP contribution in [0.15, 0.2) is 48.5 Å². The first-order chi connectivity index (χ1) is 11.0. The zero-order chi connectivity index (χ0) is 16.8. The third-order valence-corrected chi connectivity index (χ3v) is 3.61. The Morgan fingerprint density at radius 3 is 2.39 bits per heavy atom. The Morgan fingerprint density at radius 2 is 1.78 bits per heavy atom. The predicted molar refractivity (Wildman–Crippen MR) is 88.2 cm³/mol. The molecule has 0 aliphatic carbocycles. The maximum atomic E-state index is 12.5. The van der Waals surface area contributed by atoms with Gasteiger partial charge in [0, 0.05) is 11.1 Å². The van der Waals surface area contributed by atoms with Crippen LogP contribution in [0.25, 0.3) is 0 Å². The minimum Gasteiger partial charge on any atom is -0.494 e. The maximum absolute atomic E-state index is 12.5. The van der Waals surface area contributed by atoms with Crippen molar-refractivity contribution in [2.45, 2.75) is 26.2 Å². The highest BCUT2D eigenvalue weighted by Gasteiger charge is 2.16. The lowest BCUT2D eigenvalue weighted by Crippen LogP contribution is -2.09. The van der Waals surface area contributed by atoms with Crippen molar-refractivity contribution < 1.29 is 19.4 Å². The summed E-state index contributed by atoms with van der Waals surface area (Å²) in [5.74, 6) is -0.956. The molecule has 2 aromatic rings. The molecule has 0 fully saturated rings. The van der Waals surface area contributed by atoms with Gasteiger partial charge in [0.1, 0.15) is 5.75 Å². The van der Waals surface area contributed by atoms with Gasteiger partial charge in [-0.1, -0.05) is 25.1 Å². The summed E-state index contributed by atoms with van der Waals surface area (Å²) in [5.41, 5.74) is 1.65. The topological polar surface area (TPSA) is 63.6 Å². The highest BCUT2D eigenvalue weighted by molar-refractivity contribution is 6.09. The van der Waals surface area contributed by atoms with Crippen LogP contribution in [0.4, 0.5) is 0 Å². The van der Waals surface area contributed by atoms with Crippen LogP contribution in [0.3, 0.4) is 0 Å². The van der Waals surface area contributed by atoms with Crippen LogP contribution in [0.5, 0.6) is 5.75 Å². The van der Waals surface area contributed by atoms with Crippen LogP contribution in [0, 0.1) is 0 Å². The second-order valence-corrected chi connectivity index (χ2v) is 5.39. The van der Waals surface area contributed by atoms with Gasteiger partial charge in [-0.2, -0.15) is 0 Å². The molecule has 0 heterocycles. The molecule has 1 unspecified atom stereocenters. The summed E-state index contributed by atoms with van der Waals surface area (Å²) in [7, 11) is 0. The monoisotopic (exact) mass is 312 g/mol. The molecule has 0 spiro atoms. The molecule has 2 rings (SSSR count). The lowest BCUT2D eigenvalue weighted by atomic mass is 9.96. The number of ether oxygens (including phenoxy) is 1. The maximum Gasteiger partial charge on any atom is 0.310 e. The summed E-state index contributed by atoms with van der Waals surface area (Å²) in [5, 5.41) is 9.08. The van der Waals surface area contributed by atoms with Crippen molar-refractivity contribution in [2.75, 3.05) is 6.61 Å². The van der Waals surface area contributed by atoms with Gasteiger partial charge in [-0.05, 0) is 49.2 Å². The lowest BCUT2D eigenvalue weighted by molar-refractivity contribution is -0.138. The van der Waals surface area contributed by atoms with Crippen LogP contribution >= 0.6 is 0 Å². The smallest absolute Gasteiger partial charge is 0.310 e. The van der Waals surface area contributed by atoms with E-state index in [1.165, 1.54) is 0 Å². The highest BCUT2D eigenvalue weighted by atomic mass is 16.5. The van der Waals surface area contributed by atoms with Gasteiger partial charge in [0.25, 0.3) is 0 Å². The molecule has 2 aromatic carbocycles. The van der Waals surface area contributed by atoms with Crippen molar-refractivity contribution in [1.82, 2.24) is 0 Å². The summed E-state index contributed by atoms with van der Waals surface area (Å²) in [4.78, 5) is 23.6. The van der Waals surface area contributed by atoms with Gasteiger partial charge in [-0.25, -0.2) is 0 Å². The predicted octanol–water partition coefficient (Wildman–Crippen LogP) is 3.89. The van der Waals surface area contributed by atoms with E-state index < -0.39 is 11.9 Å². The van der Waals surface area contributed by atoms with E-state index in [0.29, 0.717) is 23.3 Å². The van der Waals surface area contributed by atoms with Gasteiger partial charge in [-0.15, -0.1) is 0 Å². The molecule has 0 saturated heterocycles. The van der Waals surface area contributed by atoms with Gasteiger partial charge < -0.3 is 9.84 Å². The third kappa shape index (κ3) is 4.19. The van der Waals surface area contributed by atoms with Gasteiger partial charge in [-0.3, -0.25) is 9.59 Å². The van der Waals surface area contributed by atoms with E-state index in [9.17, 15) is 9.59 Å². The summed E-state index contributed by atoms with van der Waals surface area (Å²) >= 11 is 0. The fourth-order valence-corrected chi connectivity index (χ4v) is 2.18. The minimum absolute atomic E-state index is 0.133. The molecule has 0 radical (unpaired) electrons. The summed E-state index contributed by atoms with van der Waals surface area (Å²) in [6.07, 6.45) is 0.926. The first-order valence-corrected chi connectivity index (χ1v) is 7.63. The molecule has 0 aliphatic heterocycles. The van der Waals surface area contributed by atoms with Crippen LogP contribution in [-0.4, -0.2) is 23.5 Å². The van der Waals surface area contributed by atoms with E-state index in [2.05, 4.69) is 0 Å². The lowest BCUT2D eigenvalue weighted by Gasteiger charge is -2.09. The van der Waals surface area contributed by atoms with Crippen molar-refractivity contribution >= 4 is 11.8 Å². The van der Waals surface area contributed by atoms with Crippen molar-refractivity contribution in [2.24, 2.45) is 0 Å². The summed E-state index contributed by atoms with van der Waals surface area (Å²) in [6, 6.07) is 13.8. The Hall–Kier alpha value is -2.62. The SMILES string of the molecule is CCCOc1ccc(C(=O)c2cccc(C(C)C(=O)O)c2)cc1. The standard InChI is InChI=1S/C19H20O4/c1-3-11-23-17-9-7-14(8-10-17)18(20)16-6-4-5-15(12-16)13(2)19(21)22/h4-10,12-13H,3,11H2,1-2H3,(H,21,22). The first-order valence-electron chi connectivity index (χ1n) is 7.63. The number of hydrogen-bond acceptors (Lipinski definition) is 3. The molecule has 4 nitrogen and oxygen atoms in total. The molecular formula is C19H20O4. The van der Waals surface area contributed by atoms with Crippen LogP contribution in [-0.2, 0) is 4.79 Å². The van der Waals surface area contributed by atoms with E-state index in [1.807, 2.05) is 6.92 Å². The van der Waals surface area contributed by atoms with Crippen LogP contribution in [0.1, 0.15) is 47.7 Å². The molecule has 0 amide bonds. The number of carbonyl (C=O) groups excluding carboxylic acids is 1. The van der Waals surface area contributed by atoms with E-state index in [1.54, 1.807) is 55.5 Å². The number of carboxylic acid groups (broad SMARTS) is 1. The van der Waals surface area contributed by atoms with Crippen LogP contribution in [0.2, 0.25) is 0 Å². The van der Waals surface area contributed by atoms with E-state index >= 15 is 0 Å². The number of benzene rings is 2. The fraction of sp³-hybridized carbons (Fsp3) is 0.263. The van der Waals surface area contributed by atoms with E-state index in [-0.39, 0.29) is 5.78 Å². The minimum atomic E-state index is -0.910. The molecule has 0 aliphatic rings. The van der Waals surface area contributed by atoms with E-state index in [0.717, 1.165) is 12.2 Å². The van der Waals surface area contributed by atoms with Crippen LogP contribution < -0.4 is 4.74 Å². The molecule has 4 heteroatoms. The Morgan fingerprint density at radius 1 is 1.09 bits per heavy atom. The largest absolute Gasteiger partial charge is 0.494 e. The Kier molecular flexibility index (Phi) is 5.52. The van der Waals surface area contributed by atoms with Crippen molar-refractivity contribution in [3.63, 3.8) is 0 Å². The highest BCUT2D eigenvalue weighted by Crippen LogP contribution is 2.20. The van der Waals surface area contributed by atoms with E-state index in [4.69, 9.17) is 9.84 Å². The quantitative estimate of drug-likeness (QED) is 0.788. The normalized spacial score (nSPS) is 11.7. The molecule has 0 bridgehead atoms. The number of aliphatic carboxylic acids is 1. The first kappa shape index (κ1) is 16.7. The Balaban J connectivity index is 2.20. The van der Waals surface area contributed by atoms with Gasteiger partial charge in [0.15, 0.2) is 5.78 Å². The Bertz CT molecular complexity index is 689.